The molecule has 1 aromatic carbocycles. The Kier molecular flexibility index (Phi) is 4.37. The summed E-state index contributed by atoms with van der Waals surface area (Å²) in [6, 6.07) is 3.22. The monoisotopic (exact) mass is 289 g/mol. The van der Waals surface area contributed by atoms with Gasteiger partial charge in [0.1, 0.15) is 5.82 Å². The maximum atomic E-state index is 13.3. The molecule has 2 rings (SSSR count). The molecular formula is C15H19F4N. The number of hydrogen-bond acceptors (Lipinski definition) is 1. The number of benzene rings is 1. The van der Waals surface area contributed by atoms with Crippen molar-refractivity contribution in [2.75, 3.05) is 6.54 Å². The van der Waals surface area contributed by atoms with Gasteiger partial charge in [-0.3, -0.25) is 0 Å². The van der Waals surface area contributed by atoms with Crippen LogP contribution in [0.2, 0.25) is 0 Å². The highest BCUT2D eigenvalue weighted by Crippen LogP contribution is 2.47. The van der Waals surface area contributed by atoms with E-state index in [0.717, 1.165) is 31.5 Å². The minimum Gasteiger partial charge on any atom is -0.310 e. The van der Waals surface area contributed by atoms with E-state index in [4.69, 9.17) is 0 Å². The van der Waals surface area contributed by atoms with Gasteiger partial charge in [0.25, 0.3) is 0 Å². The molecule has 1 aromatic rings. The van der Waals surface area contributed by atoms with Gasteiger partial charge in [-0.15, -0.1) is 0 Å². The first-order chi connectivity index (χ1) is 9.34. The van der Waals surface area contributed by atoms with Crippen LogP contribution in [-0.2, 0) is 6.18 Å². The third-order valence-corrected chi connectivity index (χ3v) is 3.87. The van der Waals surface area contributed by atoms with Crippen molar-refractivity contribution >= 4 is 0 Å². The van der Waals surface area contributed by atoms with Crippen molar-refractivity contribution in [1.82, 2.24) is 5.32 Å². The topological polar surface area (TPSA) is 12.0 Å². The molecule has 1 saturated carbocycles. The van der Waals surface area contributed by atoms with Crippen LogP contribution in [-0.4, -0.2) is 6.54 Å². The smallest absolute Gasteiger partial charge is 0.310 e. The first kappa shape index (κ1) is 15.3. The number of alkyl halides is 3. The molecule has 0 aliphatic heterocycles. The maximum absolute atomic E-state index is 13.3. The van der Waals surface area contributed by atoms with Crippen LogP contribution in [0, 0.1) is 17.7 Å². The highest BCUT2D eigenvalue weighted by Gasteiger charge is 2.41. The van der Waals surface area contributed by atoms with Crippen LogP contribution < -0.4 is 5.32 Å². The number of halogens is 4. The molecule has 1 aliphatic rings. The Morgan fingerprint density at radius 3 is 2.50 bits per heavy atom. The third kappa shape index (κ3) is 3.32. The molecule has 5 heteroatoms. The minimum absolute atomic E-state index is 0.119. The SMILES string of the molecule is CCCNC(c1ccc(F)c(C(F)(F)F)c1)C1CC1C. The molecular weight excluding hydrogens is 270 g/mol. The Hall–Kier alpha value is -1.10. The molecule has 0 heterocycles. The summed E-state index contributed by atoms with van der Waals surface area (Å²) < 4.78 is 51.7. The second kappa shape index (κ2) is 5.72. The lowest BCUT2D eigenvalue weighted by molar-refractivity contribution is -0.140. The summed E-state index contributed by atoms with van der Waals surface area (Å²) in [5.41, 5.74) is -0.645. The summed E-state index contributed by atoms with van der Waals surface area (Å²) in [6.07, 6.45) is -2.74. The van der Waals surface area contributed by atoms with Crippen molar-refractivity contribution < 1.29 is 17.6 Å². The molecule has 0 amide bonds. The van der Waals surface area contributed by atoms with Crippen molar-refractivity contribution in [3.8, 4) is 0 Å². The fourth-order valence-corrected chi connectivity index (χ4v) is 2.59. The third-order valence-electron chi connectivity index (χ3n) is 3.87. The molecule has 1 fully saturated rings. The molecule has 1 nitrogen and oxygen atoms in total. The van der Waals surface area contributed by atoms with Crippen molar-refractivity contribution in [2.45, 2.75) is 38.9 Å². The van der Waals surface area contributed by atoms with E-state index in [1.54, 1.807) is 0 Å². The predicted octanol–water partition coefficient (Wildman–Crippen LogP) is 4.54. The Labute approximate surface area is 116 Å². The largest absolute Gasteiger partial charge is 0.419 e. The highest BCUT2D eigenvalue weighted by molar-refractivity contribution is 5.30. The van der Waals surface area contributed by atoms with Gasteiger partial charge in [-0.1, -0.05) is 19.9 Å². The summed E-state index contributed by atoms with van der Waals surface area (Å²) in [5.74, 6) is -0.365. The van der Waals surface area contributed by atoms with E-state index in [0.29, 0.717) is 17.4 Å². The first-order valence-electron chi connectivity index (χ1n) is 6.94. The van der Waals surface area contributed by atoms with Crippen LogP contribution in [0.15, 0.2) is 18.2 Å². The molecule has 20 heavy (non-hydrogen) atoms. The molecule has 1 N–H and O–H groups in total. The lowest BCUT2D eigenvalue weighted by Gasteiger charge is -2.20. The number of rotatable bonds is 5. The second-order valence-corrected chi connectivity index (χ2v) is 5.55. The van der Waals surface area contributed by atoms with Crippen molar-refractivity contribution in [3.63, 3.8) is 0 Å². The summed E-state index contributed by atoms with van der Waals surface area (Å²) in [4.78, 5) is 0. The lowest BCUT2D eigenvalue weighted by Crippen LogP contribution is -2.25. The van der Waals surface area contributed by atoms with Crippen LogP contribution in [0.1, 0.15) is 43.9 Å². The standard InChI is InChI=1S/C15H19F4N/c1-3-6-20-14(11-7-9(11)2)10-4-5-13(16)12(8-10)15(17,18)19/h4-5,8-9,11,14,20H,3,6-7H2,1-2H3. The second-order valence-electron chi connectivity index (χ2n) is 5.55. The van der Waals surface area contributed by atoms with Crippen molar-refractivity contribution in [1.29, 1.82) is 0 Å². The van der Waals surface area contributed by atoms with Gasteiger partial charge in [-0.25, -0.2) is 4.39 Å². The van der Waals surface area contributed by atoms with Gasteiger partial charge in [-0.2, -0.15) is 13.2 Å². The van der Waals surface area contributed by atoms with E-state index in [9.17, 15) is 17.6 Å². The zero-order chi connectivity index (χ0) is 14.9. The van der Waals surface area contributed by atoms with E-state index in [1.165, 1.54) is 6.07 Å². The van der Waals surface area contributed by atoms with Crippen LogP contribution in [0.4, 0.5) is 17.6 Å². The zero-order valence-electron chi connectivity index (χ0n) is 11.6. The average molecular weight is 289 g/mol. The zero-order valence-corrected chi connectivity index (χ0v) is 11.6. The molecule has 0 radical (unpaired) electrons. The normalized spacial score (nSPS) is 23.7. The summed E-state index contributed by atoms with van der Waals surface area (Å²) in [5, 5.41) is 3.29. The Balaban J connectivity index is 2.29. The van der Waals surface area contributed by atoms with E-state index >= 15 is 0 Å². The van der Waals surface area contributed by atoms with Gasteiger partial charge in [0.15, 0.2) is 0 Å². The first-order valence-corrected chi connectivity index (χ1v) is 6.94. The summed E-state index contributed by atoms with van der Waals surface area (Å²) in [6.45, 7) is 4.83. The molecule has 0 bridgehead atoms. The van der Waals surface area contributed by atoms with Crippen LogP contribution in [0.5, 0.6) is 0 Å². The summed E-state index contributed by atoms with van der Waals surface area (Å²) in [7, 11) is 0. The van der Waals surface area contributed by atoms with Gasteiger partial charge >= 0.3 is 6.18 Å². The van der Waals surface area contributed by atoms with Crippen LogP contribution >= 0.6 is 0 Å². The molecule has 1 aliphatic carbocycles. The fourth-order valence-electron chi connectivity index (χ4n) is 2.59. The average Bonchev–Trinajstić information content (AvgIpc) is 3.07. The van der Waals surface area contributed by atoms with Gasteiger partial charge in [0.05, 0.1) is 5.56 Å². The quantitative estimate of drug-likeness (QED) is 0.785. The Morgan fingerprint density at radius 1 is 1.35 bits per heavy atom. The van der Waals surface area contributed by atoms with Crippen molar-refractivity contribution in [3.05, 3.63) is 35.1 Å². The van der Waals surface area contributed by atoms with Gasteiger partial charge in [0, 0.05) is 6.04 Å². The summed E-state index contributed by atoms with van der Waals surface area (Å²) >= 11 is 0. The van der Waals surface area contributed by atoms with Gasteiger partial charge in [0.2, 0.25) is 0 Å². The van der Waals surface area contributed by atoms with Gasteiger partial charge < -0.3 is 5.32 Å². The van der Waals surface area contributed by atoms with E-state index in [2.05, 4.69) is 12.2 Å². The Morgan fingerprint density at radius 2 is 2.00 bits per heavy atom. The Bertz CT molecular complexity index is 469. The van der Waals surface area contributed by atoms with Crippen LogP contribution in [0.25, 0.3) is 0 Å². The van der Waals surface area contributed by atoms with E-state index in [1.807, 2.05) is 6.92 Å². The molecule has 0 aromatic heterocycles. The molecule has 112 valence electrons. The maximum Gasteiger partial charge on any atom is 0.419 e. The molecule has 3 unspecified atom stereocenters. The molecule has 3 atom stereocenters. The van der Waals surface area contributed by atoms with E-state index in [-0.39, 0.29) is 6.04 Å². The van der Waals surface area contributed by atoms with E-state index < -0.39 is 17.6 Å². The van der Waals surface area contributed by atoms with Crippen molar-refractivity contribution in [2.24, 2.45) is 11.8 Å². The number of nitrogens with one attached hydrogen (secondary N) is 1. The predicted molar refractivity (Wildman–Crippen MR) is 69.7 cm³/mol. The highest BCUT2D eigenvalue weighted by atomic mass is 19.4. The lowest BCUT2D eigenvalue weighted by atomic mass is 9.98. The minimum atomic E-state index is -4.65. The van der Waals surface area contributed by atoms with Crippen LogP contribution in [0.3, 0.4) is 0 Å². The molecule has 0 spiro atoms. The fraction of sp³-hybridized carbons (Fsp3) is 0.600. The molecule has 0 saturated heterocycles. The van der Waals surface area contributed by atoms with Gasteiger partial charge in [-0.05, 0) is 48.9 Å². The number of hydrogen-bond donors (Lipinski definition) is 1.